The highest BCUT2D eigenvalue weighted by atomic mass is 32.1. The lowest BCUT2D eigenvalue weighted by molar-refractivity contribution is 0.443. The summed E-state index contributed by atoms with van der Waals surface area (Å²) in [7, 11) is 0. The summed E-state index contributed by atoms with van der Waals surface area (Å²) < 4.78 is 0. The molecule has 2 N–H and O–H groups in total. The molecule has 4 rings (SSSR count). The van der Waals surface area contributed by atoms with E-state index in [1.54, 1.807) is 17.5 Å². The van der Waals surface area contributed by atoms with E-state index in [0.717, 1.165) is 34.6 Å². The van der Waals surface area contributed by atoms with Crippen LogP contribution in [0.25, 0.3) is 10.9 Å². The number of guanidine groups is 1. The number of nitrogens with zero attached hydrogens (tertiary/aromatic N) is 4. The van der Waals surface area contributed by atoms with Crippen LogP contribution in [0.4, 0.5) is 10.8 Å². The Kier molecular flexibility index (Phi) is 4.61. The molecule has 128 valence electrons. The van der Waals surface area contributed by atoms with Crippen molar-refractivity contribution in [2.75, 3.05) is 4.90 Å². The number of anilines is 2. The molecule has 0 aliphatic heterocycles. The van der Waals surface area contributed by atoms with Crippen molar-refractivity contribution >= 4 is 39.0 Å². The van der Waals surface area contributed by atoms with Gasteiger partial charge in [-0.15, -0.1) is 11.3 Å². The number of nitrogens with two attached hydrogens (primary N) is 1. The van der Waals surface area contributed by atoms with Gasteiger partial charge in [0.05, 0.1) is 17.2 Å². The summed E-state index contributed by atoms with van der Waals surface area (Å²) >= 11 is 1.56. The Balaban J connectivity index is 1.80. The minimum absolute atomic E-state index is 0.310. The molecule has 1 saturated carbocycles. The fourth-order valence-corrected chi connectivity index (χ4v) is 4.04. The maximum absolute atomic E-state index is 6.49. The summed E-state index contributed by atoms with van der Waals surface area (Å²) in [4.78, 5) is 15.7. The third kappa shape index (κ3) is 3.35. The second-order valence-electron chi connectivity index (χ2n) is 6.28. The summed E-state index contributed by atoms with van der Waals surface area (Å²) in [6, 6.07) is 10.4. The number of para-hydroxylation sites is 1. The van der Waals surface area contributed by atoms with E-state index in [-0.39, 0.29) is 0 Å². The Morgan fingerprint density at radius 2 is 1.92 bits per heavy atom. The molecule has 25 heavy (non-hydrogen) atoms. The summed E-state index contributed by atoms with van der Waals surface area (Å²) in [6.45, 7) is 0. The summed E-state index contributed by atoms with van der Waals surface area (Å²) in [5.41, 5.74) is 8.39. The number of aliphatic imine (C=N–C) groups is 1. The van der Waals surface area contributed by atoms with E-state index in [2.05, 4.69) is 16.0 Å². The molecule has 1 aliphatic carbocycles. The zero-order chi connectivity index (χ0) is 17.1. The number of thiazole rings is 1. The SMILES string of the molecule is NC(=NC1CCCCC1)N(c1nccs1)c1ccnc2ccccc12. The van der Waals surface area contributed by atoms with E-state index in [1.807, 2.05) is 40.7 Å². The van der Waals surface area contributed by atoms with Gasteiger partial charge in [0.25, 0.3) is 0 Å². The van der Waals surface area contributed by atoms with Gasteiger partial charge in [0.15, 0.2) is 5.13 Å². The predicted octanol–water partition coefficient (Wildman–Crippen LogP) is 4.48. The highest BCUT2D eigenvalue weighted by Gasteiger charge is 2.21. The minimum atomic E-state index is 0.310. The lowest BCUT2D eigenvalue weighted by Crippen LogP contribution is -2.35. The average Bonchev–Trinajstić information content (AvgIpc) is 3.17. The first-order valence-corrected chi connectivity index (χ1v) is 9.57. The molecule has 1 aromatic carbocycles. The van der Waals surface area contributed by atoms with Crippen molar-refractivity contribution in [3.05, 3.63) is 48.1 Å². The normalized spacial score (nSPS) is 16.2. The van der Waals surface area contributed by atoms with E-state index in [0.29, 0.717) is 12.0 Å². The van der Waals surface area contributed by atoms with Crippen molar-refractivity contribution in [2.45, 2.75) is 38.1 Å². The lowest BCUT2D eigenvalue weighted by atomic mass is 9.96. The highest BCUT2D eigenvalue weighted by molar-refractivity contribution is 7.13. The van der Waals surface area contributed by atoms with E-state index >= 15 is 0 Å². The first kappa shape index (κ1) is 16.0. The quantitative estimate of drug-likeness (QED) is 0.558. The molecular formula is C19H21N5S. The number of hydrogen-bond acceptors (Lipinski definition) is 4. The van der Waals surface area contributed by atoms with Gasteiger partial charge in [0.1, 0.15) is 0 Å². The molecule has 1 aliphatic rings. The topological polar surface area (TPSA) is 67.4 Å². The van der Waals surface area contributed by atoms with E-state index in [1.165, 1.54) is 19.3 Å². The lowest BCUT2D eigenvalue weighted by Gasteiger charge is -2.25. The molecule has 2 aromatic heterocycles. The molecule has 0 atom stereocenters. The third-order valence-corrected chi connectivity index (χ3v) is 5.35. The first-order valence-electron chi connectivity index (χ1n) is 8.69. The number of aromatic nitrogens is 2. The average molecular weight is 351 g/mol. The third-order valence-electron chi connectivity index (χ3n) is 4.60. The Morgan fingerprint density at radius 3 is 2.72 bits per heavy atom. The predicted molar refractivity (Wildman–Crippen MR) is 104 cm³/mol. The second kappa shape index (κ2) is 7.19. The van der Waals surface area contributed by atoms with Gasteiger partial charge >= 0.3 is 0 Å². The smallest absolute Gasteiger partial charge is 0.202 e. The van der Waals surface area contributed by atoms with E-state index in [4.69, 9.17) is 10.7 Å². The number of rotatable bonds is 3. The van der Waals surface area contributed by atoms with Gasteiger partial charge in [-0.3, -0.25) is 9.88 Å². The number of benzene rings is 1. The van der Waals surface area contributed by atoms with Crippen molar-refractivity contribution < 1.29 is 0 Å². The van der Waals surface area contributed by atoms with Crippen LogP contribution in [-0.2, 0) is 0 Å². The molecule has 0 spiro atoms. The van der Waals surface area contributed by atoms with Gasteiger partial charge in [-0.25, -0.2) is 9.98 Å². The molecule has 0 bridgehead atoms. The Labute approximate surface area is 151 Å². The van der Waals surface area contributed by atoms with Gasteiger partial charge in [-0.1, -0.05) is 37.5 Å². The van der Waals surface area contributed by atoms with Crippen LogP contribution < -0.4 is 10.6 Å². The van der Waals surface area contributed by atoms with Crippen molar-refractivity contribution in [1.82, 2.24) is 9.97 Å². The molecule has 2 heterocycles. The van der Waals surface area contributed by atoms with Crippen LogP contribution in [0.1, 0.15) is 32.1 Å². The van der Waals surface area contributed by atoms with Crippen molar-refractivity contribution in [1.29, 1.82) is 0 Å². The standard InChI is InChI=1S/C19H21N5S/c20-18(23-14-6-2-1-3-7-14)24(19-22-12-13-25-19)17-10-11-21-16-9-5-4-8-15(16)17/h4-5,8-14H,1-3,6-7H2,(H2,20,23). The van der Waals surface area contributed by atoms with Crippen molar-refractivity contribution in [2.24, 2.45) is 10.7 Å². The van der Waals surface area contributed by atoms with Gasteiger partial charge in [-0.05, 0) is 25.0 Å². The van der Waals surface area contributed by atoms with Crippen LogP contribution >= 0.6 is 11.3 Å². The van der Waals surface area contributed by atoms with Crippen LogP contribution in [0, 0.1) is 0 Å². The zero-order valence-corrected chi connectivity index (χ0v) is 14.8. The fourth-order valence-electron chi connectivity index (χ4n) is 3.38. The molecule has 1 fully saturated rings. The first-order chi connectivity index (χ1) is 12.3. The van der Waals surface area contributed by atoms with Crippen LogP contribution in [0.15, 0.2) is 53.1 Å². The van der Waals surface area contributed by atoms with E-state index in [9.17, 15) is 0 Å². The van der Waals surface area contributed by atoms with Crippen LogP contribution in [-0.4, -0.2) is 22.0 Å². The van der Waals surface area contributed by atoms with Gasteiger partial charge in [0.2, 0.25) is 5.96 Å². The van der Waals surface area contributed by atoms with Crippen LogP contribution in [0.5, 0.6) is 0 Å². The van der Waals surface area contributed by atoms with Crippen LogP contribution in [0.3, 0.4) is 0 Å². The molecule has 5 nitrogen and oxygen atoms in total. The van der Waals surface area contributed by atoms with Crippen LogP contribution in [0.2, 0.25) is 0 Å². The summed E-state index contributed by atoms with van der Waals surface area (Å²) in [5.74, 6) is 0.512. The zero-order valence-electron chi connectivity index (χ0n) is 14.0. The molecule has 6 heteroatoms. The number of fused-ring (bicyclic) bond motifs is 1. The molecule has 0 saturated heterocycles. The Hall–Kier alpha value is -2.47. The van der Waals surface area contributed by atoms with Gasteiger partial charge in [-0.2, -0.15) is 0 Å². The van der Waals surface area contributed by atoms with Crippen molar-refractivity contribution in [3.63, 3.8) is 0 Å². The Morgan fingerprint density at radius 1 is 1.08 bits per heavy atom. The monoisotopic (exact) mass is 351 g/mol. The second-order valence-corrected chi connectivity index (χ2v) is 7.15. The maximum atomic E-state index is 6.49. The molecule has 3 aromatic rings. The molecule has 0 radical (unpaired) electrons. The van der Waals surface area contributed by atoms with Crippen molar-refractivity contribution in [3.8, 4) is 0 Å². The summed E-state index contributed by atoms with van der Waals surface area (Å²) in [6.07, 6.45) is 9.61. The minimum Gasteiger partial charge on any atom is -0.369 e. The summed E-state index contributed by atoms with van der Waals surface area (Å²) in [5, 5.41) is 3.83. The highest BCUT2D eigenvalue weighted by Crippen LogP contribution is 2.33. The molecule has 0 amide bonds. The maximum Gasteiger partial charge on any atom is 0.202 e. The largest absolute Gasteiger partial charge is 0.369 e. The van der Waals surface area contributed by atoms with Gasteiger partial charge < -0.3 is 5.73 Å². The van der Waals surface area contributed by atoms with E-state index < -0.39 is 0 Å². The number of pyridine rings is 1. The molecule has 0 unspecified atom stereocenters. The number of hydrogen-bond donors (Lipinski definition) is 1. The molecular weight excluding hydrogens is 330 g/mol. The van der Waals surface area contributed by atoms with Gasteiger partial charge in [0, 0.05) is 23.2 Å². The fraction of sp³-hybridized carbons (Fsp3) is 0.316. The Bertz CT molecular complexity index is 863.